The van der Waals surface area contributed by atoms with Crippen molar-refractivity contribution in [3.05, 3.63) is 58.6 Å². The first-order chi connectivity index (χ1) is 9.92. The number of halogens is 1. The van der Waals surface area contributed by atoms with E-state index in [1.54, 1.807) is 31.3 Å². The van der Waals surface area contributed by atoms with Gasteiger partial charge in [-0.05, 0) is 49.9 Å². The number of hydrogen-bond acceptors (Lipinski definition) is 3. The maximum atomic E-state index is 12.4. The number of nitrogens with one attached hydrogen (secondary N) is 2. The second-order valence-corrected chi connectivity index (χ2v) is 6.84. The van der Waals surface area contributed by atoms with Crippen LogP contribution in [0.2, 0.25) is 5.02 Å². The molecule has 2 rings (SSSR count). The van der Waals surface area contributed by atoms with Crippen molar-refractivity contribution >= 4 is 27.3 Å². The van der Waals surface area contributed by atoms with Crippen molar-refractivity contribution in [3.63, 3.8) is 0 Å². The molecule has 0 spiro atoms. The number of rotatable bonds is 5. The average Bonchev–Trinajstić information content (AvgIpc) is 2.43. The molecule has 0 aromatic heterocycles. The van der Waals surface area contributed by atoms with E-state index < -0.39 is 10.0 Å². The number of benzene rings is 2. The molecule has 2 aromatic rings. The van der Waals surface area contributed by atoms with E-state index in [1.807, 2.05) is 19.1 Å². The maximum Gasteiger partial charge on any atom is 0.261 e. The molecule has 112 valence electrons. The Labute approximate surface area is 130 Å². The van der Waals surface area contributed by atoms with Crippen LogP contribution in [0.5, 0.6) is 0 Å². The largest absolute Gasteiger partial charge is 0.316 e. The second-order valence-electron chi connectivity index (χ2n) is 4.76. The molecule has 0 aliphatic carbocycles. The van der Waals surface area contributed by atoms with Crippen LogP contribution in [0.1, 0.15) is 11.1 Å². The molecule has 0 radical (unpaired) electrons. The number of anilines is 1. The average molecular weight is 325 g/mol. The second kappa shape index (κ2) is 6.47. The van der Waals surface area contributed by atoms with Gasteiger partial charge in [0.05, 0.1) is 4.90 Å². The fraction of sp³-hybridized carbons (Fsp3) is 0.200. The summed E-state index contributed by atoms with van der Waals surface area (Å²) in [6, 6.07) is 11.8. The van der Waals surface area contributed by atoms with Gasteiger partial charge < -0.3 is 5.32 Å². The quantitative estimate of drug-likeness (QED) is 0.888. The molecular formula is C15H17ClN2O2S. The first-order valence-corrected chi connectivity index (χ1v) is 8.31. The molecule has 0 aliphatic rings. The zero-order valence-electron chi connectivity index (χ0n) is 11.9. The molecular weight excluding hydrogens is 308 g/mol. The van der Waals surface area contributed by atoms with Crippen LogP contribution in [-0.4, -0.2) is 15.5 Å². The van der Waals surface area contributed by atoms with E-state index in [1.165, 1.54) is 6.07 Å². The summed E-state index contributed by atoms with van der Waals surface area (Å²) in [5.74, 6) is 0. The van der Waals surface area contributed by atoms with Gasteiger partial charge in [-0.15, -0.1) is 0 Å². The Morgan fingerprint density at radius 1 is 1.10 bits per heavy atom. The minimum absolute atomic E-state index is 0.192. The molecule has 2 aromatic carbocycles. The van der Waals surface area contributed by atoms with Crippen molar-refractivity contribution in [2.24, 2.45) is 0 Å². The number of aryl methyl sites for hydroxylation is 1. The summed E-state index contributed by atoms with van der Waals surface area (Å²) in [5.41, 5.74) is 2.34. The van der Waals surface area contributed by atoms with Crippen LogP contribution in [0.25, 0.3) is 0 Å². The topological polar surface area (TPSA) is 58.2 Å². The van der Waals surface area contributed by atoms with Gasteiger partial charge in [-0.2, -0.15) is 0 Å². The summed E-state index contributed by atoms with van der Waals surface area (Å²) in [4.78, 5) is 0.192. The van der Waals surface area contributed by atoms with Gasteiger partial charge in [0, 0.05) is 17.3 Å². The Morgan fingerprint density at radius 2 is 1.76 bits per heavy atom. The number of hydrogen-bond donors (Lipinski definition) is 2. The lowest BCUT2D eigenvalue weighted by atomic mass is 10.2. The minimum Gasteiger partial charge on any atom is -0.316 e. The Balaban J connectivity index is 2.31. The molecule has 0 atom stereocenters. The van der Waals surface area contributed by atoms with Crippen LogP contribution in [0, 0.1) is 6.92 Å². The smallest absolute Gasteiger partial charge is 0.261 e. The van der Waals surface area contributed by atoms with Gasteiger partial charge in [0.2, 0.25) is 0 Å². The summed E-state index contributed by atoms with van der Waals surface area (Å²) in [6.07, 6.45) is 0. The van der Waals surface area contributed by atoms with Crippen LogP contribution in [0.4, 0.5) is 5.69 Å². The van der Waals surface area contributed by atoms with E-state index >= 15 is 0 Å². The van der Waals surface area contributed by atoms with Gasteiger partial charge in [0.15, 0.2) is 0 Å². The van der Waals surface area contributed by atoms with Crippen molar-refractivity contribution in [1.29, 1.82) is 0 Å². The summed E-state index contributed by atoms with van der Waals surface area (Å²) >= 11 is 6.05. The fourth-order valence-electron chi connectivity index (χ4n) is 1.88. The molecule has 0 amide bonds. The fourth-order valence-corrected chi connectivity index (χ4v) is 3.17. The highest BCUT2D eigenvalue weighted by Crippen LogP contribution is 2.22. The van der Waals surface area contributed by atoms with Crippen molar-refractivity contribution in [1.82, 2.24) is 5.32 Å². The molecule has 0 fully saturated rings. The van der Waals surface area contributed by atoms with Gasteiger partial charge in [-0.25, -0.2) is 8.42 Å². The molecule has 0 bridgehead atoms. The predicted molar refractivity (Wildman–Crippen MR) is 86.2 cm³/mol. The third-order valence-corrected chi connectivity index (χ3v) is 4.75. The molecule has 0 unspecified atom stereocenters. The van der Waals surface area contributed by atoms with Crippen molar-refractivity contribution in [3.8, 4) is 0 Å². The van der Waals surface area contributed by atoms with Gasteiger partial charge >= 0.3 is 0 Å². The van der Waals surface area contributed by atoms with Gasteiger partial charge in [0.1, 0.15) is 0 Å². The van der Waals surface area contributed by atoms with Gasteiger partial charge in [-0.3, -0.25) is 4.72 Å². The van der Waals surface area contributed by atoms with E-state index in [0.717, 1.165) is 11.1 Å². The standard InChI is InChI=1S/C15H17ClN2O2S/c1-11-3-5-13(6-4-11)18-21(19,20)14-7-8-15(16)12(9-14)10-17-2/h3-9,17-18H,10H2,1-2H3. The third-order valence-electron chi connectivity index (χ3n) is 3.00. The van der Waals surface area contributed by atoms with Crippen molar-refractivity contribution < 1.29 is 8.42 Å². The van der Waals surface area contributed by atoms with E-state index in [2.05, 4.69) is 10.0 Å². The monoisotopic (exact) mass is 324 g/mol. The Hall–Kier alpha value is -1.56. The van der Waals surface area contributed by atoms with Crippen LogP contribution < -0.4 is 10.0 Å². The molecule has 4 nitrogen and oxygen atoms in total. The van der Waals surface area contributed by atoms with Crippen LogP contribution in [0.15, 0.2) is 47.4 Å². The zero-order valence-corrected chi connectivity index (χ0v) is 13.4. The Bertz CT molecular complexity index is 728. The molecule has 21 heavy (non-hydrogen) atoms. The summed E-state index contributed by atoms with van der Waals surface area (Å²) in [7, 11) is -1.84. The lowest BCUT2D eigenvalue weighted by Gasteiger charge is -2.11. The highest BCUT2D eigenvalue weighted by atomic mass is 35.5. The zero-order chi connectivity index (χ0) is 15.5. The van der Waals surface area contributed by atoms with Crippen molar-refractivity contribution in [2.75, 3.05) is 11.8 Å². The van der Waals surface area contributed by atoms with Gasteiger partial charge in [0.25, 0.3) is 10.0 Å². The molecule has 2 N–H and O–H groups in total. The Kier molecular flexibility index (Phi) is 4.88. The summed E-state index contributed by atoms with van der Waals surface area (Å²) < 4.78 is 27.3. The van der Waals surface area contributed by atoms with Gasteiger partial charge in [-0.1, -0.05) is 29.3 Å². The lowest BCUT2D eigenvalue weighted by Crippen LogP contribution is -2.14. The van der Waals surface area contributed by atoms with E-state index in [-0.39, 0.29) is 4.90 Å². The summed E-state index contributed by atoms with van der Waals surface area (Å²) in [6.45, 7) is 2.45. The molecule has 6 heteroatoms. The Morgan fingerprint density at radius 3 is 2.38 bits per heavy atom. The van der Waals surface area contributed by atoms with Crippen LogP contribution in [0.3, 0.4) is 0 Å². The molecule has 0 saturated heterocycles. The van der Waals surface area contributed by atoms with E-state index in [4.69, 9.17) is 11.6 Å². The highest BCUT2D eigenvalue weighted by Gasteiger charge is 2.15. The lowest BCUT2D eigenvalue weighted by molar-refractivity contribution is 0.601. The summed E-state index contributed by atoms with van der Waals surface area (Å²) in [5, 5.41) is 3.50. The molecule has 0 heterocycles. The maximum absolute atomic E-state index is 12.4. The third kappa shape index (κ3) is 3.97. The van der Waals surface area contributed by atoms with Crippen LogP contribution in [-0.2, 0) is 16.6 Å². The highest BCUT2D eigenvalue weighted by molar-refractivity contribution is 7.92. The normalized spacial score (nSPS) is 11.4. The van der Waals surface area contributed by atoms with Crippen molar-refractivity contribution in [2.45, 2.75) is 18.4 Å². The molecule has 0 saturated carbocycles. The first-order valence-electron chi connectivity index (χ1n) is 6.45. The predicted octanol–water partition coefficient (Wildman–Crippen LogP) is 3.17. The SMILES string of the molecule is CNCc1cc(S(=O)(=O)Nc2ccc(C)cc2)ccc1Cl. The number of sulfonamides is 1. The van der Waals surface area contributed by atoms with Crippen LogP contribution >= 0.6 is 11.6 Å². The first kappa shape index (κ1) is 15.8. The van der Waals surface area contributed by atoms with E-state index in [9.17, 15) is 8.42 Å². The van der Waals surface area contributed by atoms with E-state index in [0.29, 0.717) is 17.3 Å². The molecule has 0 aliphatic heterocycles. The minimum atomic E-state index is -3.62.